The molecule has 0 radical (unpaired) electrons. The molecule has 1 unspecified atom stereocenters. The van der Waals surface area contributed by atoms with Crippen molar-refractivity contribution in [3.05, 3.63) is 29.8 Å². The molecule has 0 aliphatic carbocycles. The van der Waals surface area contributed by atoms with Gasteiger partial charge in [-0.2, -0.15) is 0 Å². The molecular weight excluding hydrogens is 328 g/mol. The number of para-hydroxylation sites is 1. The van der Waals surface area contributed by atoms with E-state index < -0.39 is 8.32 Å². The summed E-state index contributed by atoms with van der Waals surface area (Å²) in [6, 6.07) is 7.87. The van der Waals surface area contributed by atoms with Crippen molar-refractivity contribution in [3.63, 3.8) is 0 Å². The molecule has 1 aliphatic heterocycles. The summed E-state index contributed by atoms with van der Waals surface area (Å²) in [7, 11) is -1.85. The van der Waals surface area contributed by atoms with Crippen molar-refractivity contribution < 1.29 is 9.22 Å². The fraction of sp³-hybridized carbons (Fsp3) is 0.650. The van der Waals surface area contributed by atoms with Crippen LogP contribution in [0, 0.1) is 5.92 Å². The van der Waals surface area contributed by atoms with Gasteiger partial charge in [-0.05, 0) is 35.7 Å². The van der Waals surface area contributed by atoms with E-state index in [1.165, 1.54) is 0 Å². The monoisotopic (exact) mass is 362 g/mol. The second-order valence-electron chi connectivity index (χ2n) is 8.73. The molecule has 3 atom stereocenters. The van der Waals surface area contributed by atoms with E-state index in [-0.39, 0.29) is 28.9 Å². The minimum Gasteiger partial charge on any atom is -0.415 e. The Morgan fingerprint density at radius 1 is 1.24 bits per heavy atom. The summed E-state index contributed by atoms with van der Waals surface area (Å²) >= 11 is 0. The number of anilines is 1. The molecule has 0 saturated heterocycles. The van der Waals surface area contributed by atoms with Crippen LogP contribution in [0.5, 0.6) is 0 Å². The van der Waals surface area contributed by atoms with Gasteiger partial charge >= 0.3 is 0 Å². The van der Waals surface area contributed by atoms with Gasteiger partial charge in [0.25, 0.3) is 0 Å². The lowest BCUT2D eigenvalue weighted by Crippen LogP contribution is -2.47. The number of amides is 1. The third-order valence-corrected chi connectivity index (χ3v) is 10.4. The van der Waals surface area contributed by atoms with Gasteiger partial charge in [-0.25, -0.2) is 0 Å². The largest absolute Gasteiger partial charge is 0.415 e. The Bertz CT molecular complexity index is 610. The average Bonchev–Trinajstić information content (AvgIpc) is 2.67. The van der Waals surface area contributed by atoms with Crippen molar-refractivity contribution >= 4 is 19.9 Å². The van der Waals surface area contributed by atoms with E-state index >= 15 is 0 Å². The molecule has 4 nitrogen and oxygen atoms in total. The van der Waals surface area contributed by atoms with Crippen molar-refractivity contribution in [3.8, 4) is 0 Å². The second kappa shape index (κ2) is 7.60. The van der Waals surface area contributed by atoms with Crippen LogP contribution in [0.4, 0.5) is 5.69 Å². The van der Waals surface area contributed by atoms with Crippen molar-refractivity contribution in [2.45, 2.75) is 71.3 Å². The fourth-order valence-corrected chi connectivity index (χ4v) is 3.83. The molecule has 0 spiro atoms. The summed E-state index contributed by atoms with van der Waals surface area (Å²) in [4.78, 5) is 12.7. The first kappa shape index (κ1) is 20.1. The summed E-state index contributed by atoms with van der Waals surface area (Å²) in [6.07, 6.45) is 0.956. The van der Waals surface area contributed by atoms with Crippen molar-refractivity contribution in [1.29, 1.82) is 0 Å². The maximum atomic E-state index is 12.7. The van der Waals surface area contributed by atoms with Crippen LogP contribution < -0.4 is 10.6 Å². The Hall–Kier alpha value is -1.17. The molecule has 1 heterocycles. The van der Waals surface area contributed by atoms with Crippen LogP contribution in [0.1, 0.15) is 52.6 Å². The van der Waals surface area contributed by atoms with Gasteiger partial charge in [0, 0.05) is 5.69 Å². The molecular formula is C20H34N2O2Si. The van der Waals surface area contributed by atoms with E-state index in [1.54, 1.807) is 0 Å². The van der Waals surface area contributed by atoms with E-state index in [0.29, 0.717) is 6.61 Å². The van der Waals surface area contributed by atoms with E-state index in [0.717, 1.165) is 17.7 Å². The lowest BCUT2D eigenvalue weighted by molar-refractivity contribution is -0.119. The molecule has 140 valence electrons. The zero-order chi connectivity index (χ0) is 18.8. The summed E-state index contributed by atoms with van der Waals surface area (Å²) in [6.45, 7) is 16.1. The van der Waals surface area contributed by atoms with Crippen molar-refractivity contribution in [1.82, 2.24) is 5.32 Å². The quantitative estimate of drug-likeness (QED) is 0.746. The highest BCUT2D eigenvalue weighted by Gasteiger charge is 2.39. The minimum absolute atomic E-state index is 0.0169. The Morgan fingerprint density at radius 3 is 2.48 bits per heavy atom. The number of fused-ring (bicyclic) bond motifs is 1. The second-order valence-corrected chi connectivity index (χ2v) is 13.5. The van der Waals surface area contributed by atoms with E-state index in [2.05, 4.69) is 64.4 Å². The third-order valence-electron chi connectivity index (χ3n) is 5.89. The van der Waals surface area contributed by atoms with E-state index in [9.17, 15) is 4.79 Å². The number of hydrogen-bond donors (Lipinski definition) is 2. The van der Waals surface area contributed by atoms with Gasteiger partial charge in [-0.15, -0.1) is 0 Å². The number of carbonyl (C=O) groups excluding carboxylic acids is 1. The van der Waals surface area contributed by atoms with Gasteiger partial charge in [0.05, 0.1) is 18.7 Å². The van der Waals surface area contributed by atoms with Crippen LogP contribution >= 0.6 is 0 Å². The Morgan fingerprint density at radius 2 is 1.88 bits per heavy atom. The Labute approximate surface area is 153 Å². The normalized spacial score (nSPS) is 22.8. The first-order valence-corrected chi connectivity index (χ1v) is 12.3. The predicted octanol–water partition coefficient (Wildman–Crippen LogP) is 4.71. The standard InChI is InChI=1S/C20H34N2O2Si/c1-8-14(2)18-19(23)22-16-12-10-9-11-15(16)17(21-18)13-24-25(6,7)20(3,4)5/h9-12,14,17-18,21H,8,13H2,1-7H3,(H,22,23)/t14-,17?,18-/m0/s1. The number of carbonyl (C=O) groups is 1. The molecule has 2 rings (SSSR count). The number of rotatable bonds is 5. The highest BCUT2D eigenvalue weighted by molar-refractivity contribution is 6.74. The van der Waals surface area contributed by atoms with Gasteiger partial charge in [0.2, 0.25) is 5.91 Å². The molecule has 1 aliphatic rings. The van der Waals surface area contributed by atoms with Gasteiger partial charge in [-0.3, -0.25) is 10.1 Å². The predicted molar refractivity (Wildman–Crippen MR) is 107 cm³/mol. The van der Waals surface area contributed by atoms with Gasteiger partial charge < -0.3 is 9.74 Å². The van der Waals surface area contributed by atoms with Crippen molar-refractivity contribution in [2.24, 2.45) is 5.92 Å². The first-order valence-electron chi connectivity index (χ1n) is 9.36. The van der Waals surface area contributed by atoms with Crippen LogP contribution in [0.2, 0.25) is 18.1 Å². The maximum absolute atomic E-state index is 12.7. The first-order chi connectivity index (χ1) is 11.6. The van der Waals surface area contributed by atoms with Gasteiger partial charge in [-0.1, -0.05) is 59.2 Å². The molecule has 5 heteroatoms. The number of nitrogens with one attached hydrogen (secondary N) is 2. The van der Waals surface area contributed by atoms with Crippen LogP contribution in [-0.2, 0) is 9.22 Å². The van der Waals surface area contributed by atoms with Gasteiger partial charge in [0.15, 0.2) is 8.32 Å². The number of benzene rings is 1. The maximum Gasteiger partial charge on any atom is 0.241 e. The summed E-state index contributed by atoms with van der Waals surface area (Å²) in [5.41, 5.74) is 2.01. The third kappa shape index (κ3) is 4.52. The molecule has 0 fully saturated rings. The minimum atomic E-state index is -1.85. The smallest absolute Gasteiger partial charge is 0.241 e. The van der Waals surface area contributed by atoms with Crippen molar-refractivity contribution in [2.75, 3.05) is 11.9 Å². The highest BCUT2D eigenvalue weighted by atomic mass is 28.4. The Kier molecular flexibility index (Phi) is 6.12. The SMILES string of the molecule is CC[C@H](C)[C@@H]1NC(CO[Si](C)(C)C(C)(C)C)c2ccccc2NC1=O. The van der Waals surface area contributed by atoms with Crippen LogP contribution in [0.25, 0.3) is 0 Å². The number of hydrogen-bond acceptors (Lipinski definition) is 3. The van der Waals surface area contributed by atoms with Crippen LogP contribution in [0.3, 0.4) is 0 Å². The molecule has 25 heavy (non-hydrogen) atoms. The molecule has 1 amide bonds. The molecule has 1 aromatic rings. The molecule has 0 saturated carbocycles. The fourth-order valence-electron chi connectivity index (χ4n) is 2.81. The molecule has 1 aromatic carbocycles. The van der Waals surface area contributed by atoms with E-state index in [1.807, 2.05) is 18.2 Å². The lowest BCUT2D eigenvalue weighted by Gasteiger charge is -2.38. The molecule has 2 N–H and O–H groups in total. The topological polar surface area (TPSA) is 50.4 Å². The van der Waals surface area contributed by atoms with Crippen LogP contribution in [0.15, 0.2) is 24.3 Å². The summed E-state index contributed by atoms with van der Waals surface area (Å²) < 4.78 is 6.48. The lowest BCUT2D eigenvalue weighted by atomic mass is 9.97. The zero-order valence-electron chi connectivity index (χ0n) is 16.8. The van der Waals surface area contributed by atoms with Crippen LogP contribution in [-0.4, -0.2) is 26.9 Å². The highest BCUT2D eigenvalue weighted by Crippen LogP contribution is 2.38. The van der Waals surface area contributed by atoms with Gasteiger partial charge in [0.1, 0.15) is 0 Å². The zero-order valence-corrected chi connectivity index (χ0v) is 17.8. The summed E-state index contributed by atoms with van der Waals surface area (Å²) in [5.74, 6) is 0.321. The average molecular weight is 363 g/mol. The Balaban J connectivity index is 2.28. The molecule has 0 aromatic heterocycles. The summed E-state index contributed by atoms with van der Waals surface area (Å²) in [5, 5.41) is 6.85. The molecule has 0 bridgehead atoms. The van der Waals surface area contributed by atoms with E-state index in [4.69, 9.17) is 4.43 Å².